The molecule has 1 atom stereocenters. The highest BCUT2D eigenvalue weighted by molar-refractivity contribution is 6.00. The summed E-state index contributed by atoms with van der Waals surface area (Å²) in [7, 11) is 1.33. The summed E-state index contributed by atoms with van der Waals surface area (Å²) in [6.45, 7) is 0. The second kappa shape index (κ2) is 7.00. The van der Waals surface area contributed by atoms with Crippen LogP contribution in [0.2, 0.25) is 0 Å². The van der Waals surface area contributed by atoms with Crippen LogP contribution in [0, 0.1) is 10.1 Å². The Kier molecular flexibility index (Phi) is 4.61. The van der Waals surface area contributed by atoms with Crippen LogP contribution in [0.1, 0.15) is 11.6 Å². The predicted molar refractivity (Wildman–Crippen MR) is 95.4 cm³/mol. The van der Waals surface area contributed by atoms with E-state index in [4.69, 9.17) is 4.74 Å². The van der Waals surface area contributed by atoms with E-state index in [0.717, 1.165) is 5.56 Å². The smallest absolute Gasteiger partial charge is 0.332 e. The molecule has 0 saturated carbocycles. The van der Waals surface area contributed by atoms with E-state index in [0.29, 0.717) is 16.5 Å². The highest BCUT2D eigenvalue weighted by atomic mass is 16.6. The summed E-state index contributed by atoms with van der Waals surface area (Å²) < 4.78 is 4.90. The maximum Gasteiger partial charge on any atom is 0.332 e. The Morgan fingerprint density at radius 1 is 1.00 bits per heavy atom. The fourth-order valence-electron chi connectivity index (χ4n) is 2.77. The Morgan fingerprint density at radius 2 is 1.64 bits per heavy atom. The molecule has 0 spiro atoms. The summed E-state index contributed by atoms with van der Waals surface area (Å²) in [5.41, 5.74) is 1.40. The van der Waals surface area contributed by atoms with Crippen molar-refractivity contribution in [2.75, 3.05) is 12.4 Å². The van der Waals surface area contributed by atoms with Crippen LogP contribution in [-0.4, -0.2) is 18.0 Å². The molecule has 1 N–H and O–H groups in total. The molecule has 0 unspecified atom stereocenters. The van der Waals surface area contributed by atoms with E-state index < -0.39 is 16.9 Å². The van der Waals surface area contributed by atoms with Gasteiger partial charge < -0.3 is 10.1 Å². The molecule has 25 heavy (non-hydrogen) atoms. The summed E-state index contributed by atoms with van der Waals surface area (Å²) in [5, 5.41) is 15.6. The molecule has 126 valence electrons. The summed E-state index contributed by atoms with van der Waals surface area (Å²) in [6, 6.07) is 18.5. The minimum absolute atomic E-state index is 0.0236. The van der Waals surface area contributed by atoms with Crippen molar-refractivity contribution >= 4 is 28.1 Å². The van der Waals surface area contributed by atoms with Gasteiger partial charge in [-0.25, -0.2) is 4.79 Å². The third kappa shape index (κ3) is 3.28. The van der Waals surface area contributed by atoms with Gasteiger partial charge in [0.15, 0.2) is 6.04 Å². The molecule has 0 heterocycles. The molecular formula is C19H16N2O4. The normalized spacial score (nSPS) is 11.7. The van der Waals surface area contributed by atoms with Gasteiger partial charge in [-0.2, -0.15) is 0 Å². The summed E-state index contributed by atoms with van der Waals surface area (Å²) in [6.07, 6.45) is 0. The van der Waals surface area contributed by atoms with Gasteiger partial charge in [-0.1, -0.05) is 48.5 Å². The van der Waals surface area contributed by atoms with Gasteiger partial charge in [-0.15, -0.1) is 0 Å². The zero-order valence-corrected chi connectivity index (χ0v) is 13.5. The number of rotatable bonds is 5. The van der Waals surface area contributed by atoms with Crippen molar-refractivity contribution in [1.29, 1.82) is 0 Å². The van der Waals surface area contributed by atoms with Crippen molar-refractivity contribution < 1.29 is 14.5 Å². The number of ether oxygens (including phenoxy) is 1. The van der Waals surface area contributed by atoms with Crippen molar-refractivity contribution in [3.8, 4) is 0 Å². The lowest BCUT2D eigenvalue weighted by molar-refractivity contribution is -0.383. The fraction of sp³-hybridized carbons (Fsp3) is 0.105. The first-order chi connectivity index (χ1) is 12.1. The number of nitro benzene ring substituents is 1. The first-order valence-electron chi connectivity index (χ1n) is 7.67. The average molecular weight is 336 g/mol. The number of esters is 1. The topological polar surface area (TPSA) is 81.5 Å². The number of nitrogens with one attached hydrogen (secondary N) is 1. The van der Waals surface area contributed by atoms with Crippen molar-refractivity contribution in [3.63, 3.8) is 0 Å². The molecule has 3 aromatic carbocycles. The van der Waals surface area contributed by atoms with Crippen LogP contribution in [0.4, 0.5) is 11.4 Å². The molecule has 0 aliphatic heterocycles. The molecule has 0 saturated heterocycles. The zero-order valence-electron chi connectivity index (χ0n) is 13.5. The Balaban J connectivity index is 2.08. The Labute approximate surface area is 144 Å². The van der Waals surface area contributed by atoms with Gasteiger partial charge in [0.2, 0.25) is 0 Å². The second-order valence-electron chi connectivity index (χ2n) is 5.45. The molecule has 0 aliphatic carbocycles. The molecule has 0 radical (unpaired) electrons. The minimum Gasteiger partial charge on any atom is -0.467 e. The lowest BCUT2D eigenvalue weighted by Crippen LogP contribution is -2.22. The number of carbonyl (C=O) groups excluding carboxylic acids is 1. The van der Waals surface area contributed by atoms with Crippen LogP contribution in [0.3, 0.4) is 0 Å². The number of non-ortho nitro benzene ring substituents is 1. The number of fused-ring (bicyclic) bond motifs is 1. The molecule has 6 heteroatoms. The van der Waals surface area contributed by atoms with Crippen molar-refractivity contribution in [1.82, 2.24) is 0 Å². The molecule has 0 amide bonds. The Hall–Kier alpha value is -3.41. The van der Waals surface area contributed by atoms with E-state index in [1.165, 1.54) is 13.2 Å². The number of nitro groups is 1. The number of benzene rings is 3. The third-order valence-corrected chi connectivity index (χ3v) is 3.97. The van der Waals surface area contributed by atoms with Gasteiger partial charge in [-0.05, 0) is 17.7 Å². The molecule has 0 fully saturated rings. The van der Waals surface area contributed by atoms with Gasteiger partial charge in [0.25, 0.3) is 5.69 Å². The molecule has 3 rings (SSSR count). The number of nitrogens with zero attached hydrogens (tertiary/aromatic N) is 1. The molecule has 0 bridgehead atoms. The quantitative estimate of drug-likeness (QED) is 0.431. The van der Waals surface area contributed by atoms with Crippen molar-refractivity contribution in [2.45, 2.75) is 6.04 Å². The number of carbonyl (C=O) groups is 1. The molecule has 6 nitrogen and oxygen atoms in total. The molecule has 0 aliphatic rings. The number of anilines is 1. The van der Waals surface area contributed by atoms with E-state index in [1.54, 1.807) is 30.3 Å². The largest absolute Gasteiger partial charge is 0.467 e. The average Bonchev–Trinajstić information content (AvgIpc) is 2.65. The third-order valence-electron chi connectivity index (χ3n) is 3.97. The minimum atomic E-state index is -0.712. The maximum absolute atomic E-state index is 12.2. The van der Waals surface area contributed by atoms with E-state index in [9.17, 15) is 14.9 Å². The SMILES string of the molecule is COC(=O)[C@@H](Nc1ccc([N+](=O)[O-])c2ccccc12)c1ccccc1. The van der Waals surface area contributed by atoms with Gasteiger partial charge in [-0.3, -0.25) is 10.1 Å². The molecular weight excluding hydrogens is 320 g/mol. The van der Waals surface area contributed by atoms with Crippen molar-refractivity contribution in [2.24, 2.45) is 0 Å². The molecule has 3 aromatic rings. The van der Waals surface area contributed by atoms with Crippen LogP contribution >= 0.6 is 0 Å². The van der Waals surface area contributed by atoms with Crippen LogP contribution in [-0.2, 0) is 9.53 Å². The Morgan fingerprint density at radius 3 is 2.28 bits per heavy atom. The Bertz CT molecular complexity index is 925. The fourth-order valence-corrected chi connectivity index (χ4v) is 2.77. The van der Waals surface area contributed by atoms with E-state index in [-0.39, 0.29) is 5.69 Å². The van der Waals surface area contributed by atoms with Crippen LogP contribution in [0.15, 0.2) is 66.7 Å². The summed E-state index contributed by atoms with van der Waals surface area (Å²) in [4.78, 5) is 23.1. The predicted octanol–water partition coefficient (Wildman–Crippen LogP) is 4.07. The highest BCUT2D eigenvalue weighted by Gasteiger charge is 2.23. The van der Waals surface area contributed by atoms with E-state index in [1.807, 2.05) is 30.3 Å². The van der Waals surface area contributed by atoms with Gasteiger partial charge in [0.1, 0.15) is 0 Å². The first kappa shape index (κ1) is 16.4. The van der Waals surface area contributed by atoms with Gasteiger partial charge in [0.05, 0.1) is 17.4 Å². The lowest BCUT2D eigenvalue weighted by atomic mass is 10.0. The maximum atomic E-state index is 12.2. The standard InChI is InChI=1S/C19H16N2O4/c1-25-19(22)18(13-7-3-2-4-8-13)20-16-11-12-17(21(23)24)15-10-6-5-9-14(15)16/h2-12,18,20H,1H3/t18-/m0/s1. The van der Waals surface area contributed by atoms with Crippen LogP contribution in [0.5, 0.6) is 0 Å². The number of hydrogen-bond donors (Lipinski definition) is 1. The zero-order chi connectivity index (χ0) is 17.8. The van der Waals surface area contributed by atoms with Crippen LogP contribution < -0.4 is 5.32 Å². The van der Waals surface area contributed by atoms with Crippen LogP contribution in [0.25, 0.3) is 10.8 Å². The van der Waals surface area contributed by atoms with E-state index in [2.05, 4.69) is 5.32 Å². The highest BCUT2D eigenvalue weighted by Crippen LogP contribution is 2.33. The van der Waals surface area contributed by atoms with E-state index >= 15 is 0 Å². The number of hydrogen-bond acceptors (Lipinski definition) is 5. The monoisotopic (exact) mass is 336 g/mol. The number of methoxy groups -OCH3 is 1. The second-order valence-corrected chi connectivity index (χ2v) is 5.45. The first-order valence-corrected chi connectivity index (χ1v) is 7.67. The van der Waals surface area contributed by atoms with Gasteiger partial charge >= 0.3 is 5.97 Å². The lowest BCUT2D eigenvalue weighted by Gasteiger charge is -2.19. The van der Waals surface area contributed by atoms with Gasteiger partial charge in [0, 0.05) is 17.1 Å². The summed E-state index contributed by atoms with van der Waals surface area (Å²) in [5.74, 6) is -0.436. The molecule has 0 aromatic heterocycles. The van der Waals surface area contributed by atoms with Crippen molar-refractivity contribution in [3.05, 3.63) is 82.4 Å². The summed E-state index contributed by atoms with van der Waals surface area (Å²) >= 11 is 0.